The number of aromatic nitrogens is 3. The number of nitrogens with zero attached hydrogens (tertiary/aromatic N) is 3. The SMILES string of the molecule is CCCSc1nnc2c(n1)O[C@@H](c1c(Cl)cccc1Cl)Nc1ccccc1-2. The summed E-state index contributed by atoms with van der Waals surface area (Å²) in [7, 11) is 0. The van der Waals surface area contributed by atoms with E-state index in [1.807, 2.05) is 24.3 Å². The van der Waals surface area contributed by atoms with Crippen LogP contribution < -0.4 is 10.1 Å². The Kier molecular flexibility index (Phi) is 5.38. The predicted molar refractivity (Wildman–Crippen MR) is 110 cm³/mol. The number of benzene rings is 2. The van der Waals surface area contributed by atoms with Crippen LogP contribution in [0.15, 0.2) is 47.6 Å². The molecule has 0 fully saturated rings. The first kappa shape index (κ1) is 18.3. The maximum atomic E-state index is 6.41. The highest BCUT2D eigenvalue weighted by molar-refractivity contribution is 7.99. The summed E-state index contributed by atoms with van der Waals surface area (Å²) in [5.41, 5.74) is 2.96. The monoisotopic (exact) mass is 418 g/mol. The summed E-state index contributed by atoms with van der Waals surface area (Å²) in [4.78, 5) is 4.59. The number of halogens is 2. The summed E-state index contributed by atoms with van der Waals surface area (Å²) in [6, 6.07) is 13.2. The fourth-order valence-electron chi connectivity index (χ4n) is 2.79. The fourth-order valence-corrected chi connectivity index (χ4v) is 4.02. The summed E-state index contributed by atoms with van der Waals surface area (Å²) in [6.07, 6.45) is 0.420. The van der Waals surface area contributed by atoms with Crippen molar-refractivity contribution >= 4 is 40.7 Å². The third-order valence-corrected chi connectivity index (χ3v) is 5.73. The van der Waals surface area contributed by atoms with Crippen LogP contribution in [0.1, 0.15) is 25.1 Å². The van der Waals surface area contributed by atoms with E-state index < -0.39 is 6.23 Å². The molecule has 0 unspecified atom stereocenters. The van der Waals surface area contributed by atoms with Gasteiger partial charge in [-0.1, -0.05) is 66.2 Å². The van der Waals surface area contributed by atoms with Crippen molar-refractivity contribution in [2.75, 3.05) is 11.1 Å². The van der Waals surface area contributed by atoms with Crippen molar-refractivity contribution in [3.8, 4) is 17.1 Å². The van der Waals surface area contributed by atoms with Gasteiger partial charge in [0.05, 0.1) is 15.6 Å². The first-order valence-electron chi connectivity index (χ1n) is 8.51. The second-order valence-electron chi connectivity index (χ2n) is 5.92. The summed E-state index contributed by atoms with van der Waals surface area (Å²) in [5, 5.41) is 13.6. The third kappa shape index (κ3) is 3.70. The number of rotatable bonds is 4. The van der Waals surface area contributed by atoms with Crippen LogP contribution in [0.3, 0.4) is 0 Å². The average Bonchev–Trinajstić information content (AvgIpc) is 2.82. The van der Waals surface area contributed by atoms with E-state index in [1.54, 1.807) is 30.0 Å². The molecule has 1 atom stereocenters. The molecule has 0 saturated carbocycles. The molecule has 0 amide bonds. The Labute approximate surface area is 171 Å². The molecule has 1 N–H and O–H groups in total. The van der Waals surface area contributed by atoms with Crippen LogP contribution >= 0.6 is 35.0 Å². The lowest BCUT2D eigenvalue weighted by atomic mass is 10.1. The molecule has 1 aromatic heterocycles. The van der Waals surface area contributed by atoms with E-state index in [0.717, 1.165) is 23.4 Å². The number of nitrogens with one attached hydrogen (secondary N) is 1. The zero-order valence-electron chi connectivity index (χ0n) is 14.4. The van der Waals surface area contributed by atoms with Gasteiger partial charge in [0.15, 0.2) is 5.69 Å². The lowest BCUT2D eigenvalue weighted by molar-refractivity contribution is 0.225. The minimum absolute atomic E-state index is 0.405. The van der Waals surface area contributed by atoms with Crippen LogP contribution in [0.2, 0.25) is 10.0 Å². The molecule has 0 radical (unpaired) electrons. The van der Waals surface area contributed by atoms with Crippen molar-refractivity contribution in [2.45, 2.75) is 24.7 Å². The van der Waals surface area contributed by atoms with E-state index in [1.165, 1.54) is 0 Å². The van der Waals surface area contributed by atoms with E-state index in [0.29, 0.717) is 32.3 Å². The highest BCUT2D eigenvalue weighted by Crippen LogP contribution is 2.42. The van der Waals surface area contributed by atoms with Gasteiger partial charge in [-0.3, -0.25) is 0 Å². The number of ether oxygens (including phenoxy) is 1. The Bertz CT molecular complexity index is 965. The number of fused-ring (bicyclic) bond motifs is 3. The summed E-state index contributed by atoms with van der Waals surface area (Å²) in [6.45, 7) is 2.11. The van der Waals surface area contributed by atoms with Gasteiger partial charge in [-0.25, -0.2) is 0 Å². The van der Waals surface area contributed by atoms with Gasteiger partial charge in [-0.15, -0.1) is 10.2 Å². The quantitative estimate of drug-likeness (QED) is 0.536. The van der Waals surface area contributed by atoms with Crippen molar-refractivity contribution in [2.24, 2.45) is 0 Å². The summed E-state index contributed by atoms with van der Waals surface area (Å²) in [5.74, 6) is 1.32. The molecule has 0 saturated heterocycles. The lowest BCUT2D eigenvalue weighted by Crippen LogP contribution is -2.18. The molecule has 0 bridgehead atoms. The van der Waals surface area contributed by atoms with E-state index in [2.05, 4.69) is 27.4 Å². The summed E-state index contributed by atoms with van der Waals surface area (Å²) < 4.78 is 6.20. The van der Waals surface area contributed by atoms with Crippen molar-refractivity contribution in [3.63, 3.8) is 0 Å². The Hall–Kier alpha value is -2.02. The second-order valence-corrected chi connectivity index (χ2v) is 7.80. The standard InChI is InChI=1S/C19H16Cl2N4OS/c1-2-10-27-19-23-18-16(24-25-19)11-6-3-4-9-14(11)22-17(26-18)15-12(20)7-5-8-13(15)21/h3-9,17,22H,2,10H2,1H3/t17-/m0/s1. The highest BCUT2D eigenvalue weighted by Gasteiger charge is 2.28. The number of hydrogen-bond donors (Lipinski definition) is 1. The number of hydrogen-bond acceptors (Lipinski definition) is 6. The normalized spacial score (nSPS) is 15.1. The van der Waals surface area contributed by atoms with E-state index in [9.17, 15) is 0 Å². The molecule has 2 aromatic carbocycles. The second kappa shape index (κ2) is 7.92. The summed E-state index contributed by atoms with van der Waals surface area (Å²) >= 11 is 14.4. The minimum Gasteiger partial charge on any atom is -0.448 e. The van der Waals surface area contributed by atoms with Gasteiger partial charge >= 0.3 is 0 Å². The van der Waals surface area contributed by atoms with E-state index in [4.69, 9.17) is 27.9 Å². The van der Waals surface area contributed by atoms with Crippen molar-refractivity contribution in [3.05, 3.63) is 58.1 Å². The minimum atomic E-state index is -0.602. The van der Waals surface area contributed by atoms with Gasteiger partial charge in [0, 0.05) is 17.0 Å². The zero-order valence-corrected chi connectivity index (χ0v) is 16.8. The van der Waals surface area contributed by atoms with Crippen LogP contribution in [-0.4, -0.2) is 20.9 Å². The Balaban J connectivity index is 1.83. The van der Waals surface area contributed by atoms with Gasteiger partial charge in [0.1, 0.15) is 0 Å². The van der Waals surface area contributed by atoms with Crippen molar-refractivity contribution in [1.82, 2.24) is 15.2 Å². The Morgan fingerprint density at radius 3 is 2.63 bits per heavy atom. The van der Waals surface area contributed by atoms with Gasteiger partial charge in [0.2, 0.25) is 17.3 Å². The number of thioether (sulfide) groups is 1. The molecular formula is C19H16Cl2N4OS. The van der Waals surface area contributed by atoms with Crippen LogP contribution in [-0.2, 0) is 0 Å². The molecule has 2 heterocycles. The molecule has 0 spiro atoms. The van der Waals surface area contributed by atoms with Gasteiger partial charge in [-0.05, 0) is 24.6 Å². The molecule has 4 rings (SSSR count). The Morgan fingerprint density at radius 2 is 1.85 bits per heavy atom. The van der Waals surface area contributed by atoms with Crippen LogP contribution in [0.5, 0.6) is 5.88 Å². The third-order valence-electron chi connectivity index (χ3n) is 4.03. The molecule has 3 aromatic rings. The molecule has 27 heavy (non-hydrogen) atoms. The van der Waals surface area contributed by atoms with E-state index in [-0.39, 0.29) is 0 Å². The first-order chi connectivity index (χ1) is 13.2. The molecule has 8 heteroatoms. The maximum absolute atomic E-state index is 6.41. The lowest BCUT2D eigenvalue weighted by Gasteiger charge is -2.21. The topological polar surface area (TPSA) is 59.9 Å². The highest BCUT2D eigenvalue weighted by atomic mass is 35.5. The van der Waals surface area contributed by atoms with E-state index >= 15 is 0 Å². The first-order valence-corrected chi connectivity index (χ1v) is 10.3. The van der Waals surface area contributed by atoms with Gasteiger partial charge < -0.3 is 10.1 Å². The van der Waals surface area contributed by atoms with Crippen molar-refractivity contribution < 1.29 is 4.74 Å². The zero-order chi connectivity index (χ0) is 18.8. The van der Waals surface area contributed by atoms with Gasteiger partial charge in [0.25, 0.3) is 0 Å². The van der Waals surface area contributed by atoms with Crippen LogP contribution in [0.4, 0.5) is 5.69 Å². The predicted octanol–water partition coefficient (Wildman–Crippen LogP) is 5.85. The number of para-hydroxylation sites is 1. The molecule has 0 aliphatic carbocycles. The Morgan fingerprint density at radius 1 is 1.07 bits per heavy atom. The van der Waals surface area contributed by atoms with Crippen LogP contribution in [0, 0.1) is 0 Å². The molecule has 1 aliphatic rings. The smallest absolute Gasteiger partial charge is 0.247 e. The molecule has 5 nitrogen and oxygen atoms in total. The largest absolute Gasteiger partial charge is 0.448 e. The van der Waals surface area contributed by atoms with Gasteiger partial charge in [-0.2, -0.15) is 4.98 Å². The number of anilines is 1. The van der Waals surface area contributed by atoms with Crippen LogP contribution in [0.25, 0.3) is 11.3 Å². The molecule has 138 valence electrons. The van der Waals surface area contributed by atoms with Crippen molar-refractivity contribution in [1.29, 1.82) is 0 Å². The maximum Gasteiger partial charge on any atom is 0.247 e. The molecule has 1 aliphatic heterocycles. The molecular weight excluding hydrogens is 403 g/mol. The average molecular weight is 419 g/mol. The fraction of sp³-hybridized carbons (Fsp3) is 0.211.